The Hall–Kier alpha value is -2.16. The van der Waals surface area contributed by atoms with Gasteiger partial charge in [0.1, 0.15) is 11.5 Å². The molecule has 2 aromatic carbocycles. The van der Waals surface area contributed by atoms with E-state index < -0.39 is 0 Å². The Labute approximate surface area is 125 Å². The molecule has 0 heterocycles. The molecular formula is C18H21NO2. The lowest BCUT2D eigenvalue weighted by Crippen LogP contribution is -2.17. The molecule has 3 rings (SSSR count). The van der Waals surface area contributed by atoms with Crippen LogP contribution in [0.3, 0.4) is 0 Å². The molecule has 2 aromatic rings. The number of anilines is 1. The van der Waals surface area contributed by atoms with Crippen LogP contribution in [0.2, 0.25) is 0 Å². The van der Waals surface area contributed by atoms with Gasteiger partial charge in [-0.25, -0.2) is 0 Å². The molecule has 110 valence electrons. The highest BCUT2D eigenvalue weighted by Crippen LogP contribution is 2.34. The zero-order valence-electron chi connectivity index (χ0n) is 12.6. The highest BCUT2D eigenvalue weighted by molar-refractivity contribution is 5.50. The molecular weight excluding hydrogens is 262 g/mol. The predicted octanol–water partition coefficient (Wildman–Crippen LogP) is 4.19. The van der Waals surface area contributed by atoms with Crippen LogP contribution in [-0.4, -0.2) is 14.2 Å². The van der Waals surface area contributed by atoms with Crippen molar-refractivity contribution in [3.63, 3.8) is 0 Å². The van der Waals surface area contributed by atoms with Crippen molar-refractivity contribution < 1.29 is 9.47 Å². The molecule has 0 aromatic heterocycles. The molecule has 0 fully saturated rings. The van der Waals surface area contributed by atoms with Crippen LogP contribution in [0.25, 0.3) is 0 Å². The molecule has 1 aliphatic carbocycles. The Balaban J connectivity index is 1.81. The van der Waals surface area contributed by atoms with Crippen molar-refractivity contribution in [2.24, 2.45) is 0 Å². The molecule has 1 N–H and O–H groups in total. The van der Waals surface area contributed by atoms with E-state index in [4.69, 9.17) is 9.47 Å². The second-order valence-corrected chi connectivity index (χ2v) is 5.38. The SMILES string of the molecule is COc1ccc(NC2CCCc3cc(OC)ccc32)cc1. The summed E-state index contributed by atoms with van der Waals surface area (Å²) < 4.78 is 10.5. The van der Waals surface area contributed by atoms with Crippen molar-refractivity contribution in [1.29, 1.82) is 0 Å². The van der Waals surface area contributed by atoms with Crippen molar-refractivity contribution in [2.75, 3.05) is 19.5 Å². The van der Waals surface area contributed by atoms with Gasteiger partial charge in [-0.3, -0.25) is 0 Å². The first kappa shape index (κ1) is 13.8. The number of methoxy groups -OCH3 is 2. The molecule has 0 aliphatic heterocycles. The third-order valence-corrected chi connectivity index (χ3v) is 4.10. The number of nitrogens with one attached hydrogen (secondary N) is 1. The van der Waals surface area contributed by atoms with E-state index >= 15 is 0 Å². The van der Waals surface area contributed by atoms with E-state index in [2.05, 4.69) is 29.6 Å². The minimum Gasteiger partial charge on any atom is -0.497 e. The van der Waals surface area contributed by atoms with Gasteiger partial charge in [0.15, 0.2) is 0 Å². The van der Waals surface area contributed by atoms with E-state index in [-0.39, 0.29) is 0 Å². The third-order valence-electron chi connectivity index (χ3n) is 4.10. The van der Waals surface area contributed by atoms with Crippen LogP contribution in [-0.2, 0) is 6.42 Å². The van der Waals surface area contributed by atoms with Gasteiger partial charge in [0.25, 0.3) is 0 Å². The zero-order valence-corrected chi connectivity index (χ0v) is 12.6. The van der Waals surface area contributed by atoms with Crippen molar-refractivity contribution in [2.45, 2.75) is 25.3 Å². The summed E-state index contributed by atoms with van der Waals surface area (Å²) >= 11 is 0. The zero-order chi connectivity index (χ0) is 14.7. The topological polar surface area (TPSA) is 30.5 Å². The molecule has 3 nitrogen and oxygen atoms in total. The number of aryl methyl sites for hydroxylation is 1. The van der Waals surface area contributed by atoms with Gasteiger partial charge in [0.2, 0.25) is 0 Å². The molecule has 3 heteroatoms. The molecule has 1 aliphatic rings. The van der Waals surface area contributed by atoms with Gasteiger partial charge in [-0.1, -0.05) is 6.07 Å². The van der Waals surface area contributed by atoms with Crippen LogP contribution < -0.4 is 14.8 Å². The molecule has 1 atom stereocenters. The van der Waals surface area contributed by atoms with E-state index in [9.17, 15) is 0 Å². The monoisotopic (exact) mass is 283 g/mol. The first-order valence-electron chi connectivity index (χ1n) is 7.37. The standard InChI is InChI=1S/C18H21NO2/c1-20-15-8-6-14(7-9-15)19-18-5-3-4-13-12-16(21-2)10-11-17(13)18/h6-12,18-19H,3-5H2,1-2H3. The van der Waals surface area contributed by atoms with Crippen LogP contribution in [0.5, 0.6) is 11.5 Å². The molecule has 0 amide bonds. The lowest BCUT2D eigenvalue weighted by Gasteiger charge is -2.27. The molecule has 21 heavy (non-hydrogen) atoms. The molecule has 0 saturated carbocycles. The fourth-order valence-corrected chi connectivity index (χ4v) is 2.96. The summed E-state index contributed by atoms with van der Waals surface area (Å²) in [4.78, 5) is 0. The molecule has 0 bridgehead atoms. The van der Waals surface area contributed by atoms with Crippen LogP contribution in [0, 0.1) is 0 Å². The van der Waals surface area contributed by atoms with Crippen LogP contribution in [0.4, 0.5) is 5.69 Å². The van der Waals surface area contributed by atoms with Crippen LogP contribution in [0.15, 0.2) is 42.5 Å². The van der Waals surface area contributed by atoms with Crippen molar-refractivity contribution in [3.8, 4) is 11.5 Å². The van der Waals surface area contributed by atoms with E-state index in [1.165, 1.54) is 17.5 Å². The number of hydrogen-bond acceptors (Lipinski definition) is 3. The number of ether oxygens (including phenoxy) is 2. The third kappa shape index (κ3) is 2.97. The summed E-state index contributed by atoms with van der Waals surface area (Å²) in [7, 11) is 3.41. The summed E-state index contributed by atoms with van der Waals surface area (Å²) in [6.45, 7) is 0. The summed E-state index contributed by atoms with van der Waals surface area (Å²) in [5, 5.41) is 3.63. The van der Waals surface area contributed by atoms with Gasteiger partial charge in [-0.15, -0.1) is 0 Å². The maximum absolute atomic E-state index is 5.33. The molecule has 1 unspecified atom stereocenters. The minimum absolute atomic E-state index is 0.369. The Morgan fingerprint density at radius 1 is 0.952 bits per heavy atom. The molecule has 0 spiro atoms. The highest BCUT2D eigenvalue weighted by atomic mass is 16.5. The molecule has 0 radical (unpaired) electrons. The van der Waals surface area contributed by atoms with Gasteiger partial charge >= 0.3 is 0 Å². The molecule has 0 saturated heterocycles. The van der Waals surface area contributed by atoms with Gasteiger partial charge in [-0.05, 0) is 66.8 Å². The highest BCUT2D eigenvalue weighted by Gasteiger charge is 2.20. The fraction of sp³-hybridized carbons (Fsp3) is 0.333. The quantitative estimate of drug-likeness (QED) is 0.912. The summed E-state index contributed by atoms with van der Waals surface area (Å²) in [5.74, 6) is 1.83. The summed E-state index contributed by atoms with van der Waals surface area (Å²) in [6.07, 6.45) is 3.49. The summed E-state index contributed by atoms with van der Waals surface area (Å²) in [5.41, 5.74) is 3.91. The first-order chi connectivity index (χ1) is 10.3. The Morgan fingerprint density at radius 2 is 1.67 bits per heavy atom. The van der Waals surface area contributed by atoms with Crippen LogP contribution in [0.1, 0.15) is 30.0 Å². The first-order valence-corrected chi connectivity index (χ1v) is 7.37. The number of fused-ring (bicyclic) bond motifs is 1. The van der Waals surface area contributed by atoms with Crippen molar-refractivity contribution >= 4 is 5.69 Å². The Morgan fingerprint density at radius 3 is 2.38 bits per heavy atom. The fourth-order valence-electron chi connectivity index (χ4n) is 2.96. The number of rotatable bonds is 4. The van der Waals surface area contributed by atoms with E-state index in [0.29, 0.717) is 6.04 Å². The van der Waals surface area contributed by atoms with Gasteiger partial charge in [-0.2, -0.15) is 0 Å². The minimum atomic E-state index is 0.369. The second kappa shape index (κ2) is 6.08. The van der Waals surface area contributed by atoms with E-state index in [1.807, 2.05) is 18.2 Å². The van der Waals surface area contributed by atoms with E-state index in [0.717, 1.165) is 30.0 Å². The number of hydrogen-bond donors (Lipinski definition) is 1. The second-order valence-electron chi connectivity index (χ2n) is 5.38. The van der Waals surface area contributed by atoms with Gasteiger partial charge in [0.05, 0.1) is 20.3 Å². The average molecular weight is 283 g/mol. The van der Waals surface area contributed by atoms with Gasteiger partial charge in [0, 0.05) is 5.69 Å². The Bertz CT molecular complexity index is 607. The number of benzene rings is 2. The summed E-state index contributed by atoms with van der Waals surface area (Å²) in [6, 6.07) is 14.9. The van der Waals surface area contributed by atoms with E-state index in [1.54, 1.807) is 14.2 Å². The Kier molecular flexibility index (Phi) is 4.00. The van der Waals surface area contributed by atoms with Crippen molar-refractivity contribution in [1.82, 2.24) is 0 Å². The van der Waals surface area contributed by atoms with Crippen molar-refractivity contribution in [3.05, 3.63) is 53.6 Å². The maximum Gasteiger partial charge on any atom is 0.119 e. The van der Waals surface area contributed by atoms with Gasteiger partial charge < -0.3 is 14.8 Å². The maximum atomic E-state index is 5.33. The normalized spacial score (nSPS) is 17.0. The smallest absolute Gasteiger partial charge is 0.119 e. The largest absolute Gasteiger partial charge is 0.497 e. The van der Waals surface area contributed by atoms with Crippen LogP contribution >= 0.6 is 0 Å². The average Bonchev–Trinajstić information content (AvgIpc) is 2.55. The lowest BCUT2D eigenvalue weighted by molar-refractivity contribution is 0.413. The predicted molar refractivity (Wildman–Crippen MR) is 85.3 cm³/mol. The lowest BCUT2D eigenvalue weighted by atomic mass is 9.87.